The van der Waals surface area contributed by atoms with Gasteiger partial charge in [0.2, 0.25) is 0 Å². The monoisotopic (exact) mass is 445 g/mol. The number of nitrogens with zero attached hydrogens (tertiary/aromatic N) is 2. The number of rotatable bonds is 10. The van der Waals surface area contributed by atoms with E-state index in [2.05, 4.69) is 6.57 Å². The van der Waals surface area contributed by atoms with Gasteiger partial charge in [-0.25, -0.2) is 10.1 Å². The van der Waals surface area contributed by atoms with Crippen molar-refractivity contribution in [3.63, 3.8) is 0 Å². The van der Waals surface area contributed by atoms with E-state index >= 15 is 0 Å². The number of aliphatic carboxylic acids is 1. The lowest BCUT2D eigenvalue weighted by Gasteiger charge is -2.01. The molecule has 0 saturated carbocycles. The van der Waals surface area contributed by atoms with E-state index in [0.29, 0.717) is 25.0 Å². The van der Waals surface area contributed by atoms with Crippen molar-refractivity contribution in [2.75, 3.05) is 36.0 Å². The van der Waals surface area contributed by atoms with Gasteiger partial charge in [0.25, 0.3) is 0 Å². The maximum Gasteiger partial charge on any atom is 0.332 e. The zero-order chi connectivity index (χ0) is 20.5. The van der Waals surface area contributed by atoms with Crippen molar-refractivity contribution < 1.29 is 24.9 Å². The summed E-state index contributed by atoms with van der Waals surface area (Å²) >= 11 is 4.85. The number of carboxylic acid groups (broad SMARTS) is 1. The van der Waals surface area contributed by atoms with Crippen molar-refractivity contribution in [3.8, 4) is 12.6 Å². The van der Waals surface area contributed by atoms with E-state index in [-0.39, 0.29) is 13.6 Å². The van der Waals surface area contributed by atoms with Crippen LogP contribution in [0.5, 0.6) is 0 Å². The number of nitriles is 2. The van der Waals surface area contributed by atoms with E-state index in [1.54, 1.807) is 29.6 Å². The molecule has 0 spiro atoms. The summed E-state index contributed by atoms with van der Waals surface area (Å²) in [5.74, 6) is 1.37. The quantitative estimate of drug-likeness (QED) is 0.221. The molecule has 0 aromatic carbocycles. The highest BCUT2D eigenvalue weighted by molar-refractivity contribution is 7.98. The van der Waals surface area contributed by atoms with E-state index in [4.69, 9.17) is 25.8 Å². The Morgan fingerprint density at radius 2 is 1.48 bits per heavy atom. The van der Waals surface area contributed by atoms with Crippen LogP contribution in [0.3, 0.4) is 0 Å². The molecule has 0 fully saturated rings. The molecular formula is C16H35N3O5S3. The third kappa shape index (κ3) is 51.7. The standard InChI is InChI=1S/C5H9NOS.C5H10O3S.C4H8OS.CHN.CH4.H3N/c1-8-3-2-5(7)4-6;1-9-3-2-4(6)5(7)8;1-6-4-2-3-5;1-2;;/h5,7H,2-3H2,1H3;4,6H,2-3H2,1H3,(H,7,8);3H,2,4H2,1H3;1H;1H4;1H3. The van der Waals surface area contributed by atoms with Gasteiger partial charge < -0.3 is 26.3 Å². The highest BCUT2D eigenvalue weighted by Crippen LogP contribution is 1.99. The molecule has 0 aliphatic rings. The SMILES string of the molecule is C.C#N.CSCCC(O)C#N.CSCCC(O)C(=O)O.CSCCC=O.N. The van der Waals surface area contributed by atoms with Crippen LogP contribution in [0.1, 0.15) is 26.7 Å². The Bertz CT molecular complexity index is 356. The lowest BCUT2D eigenvalue weighted by Crippen LogP contribution is -2.19. The summed E-state index contributed by atoms with van der Waals surface area (Å²) in [6.45, 7) is 3.50. The van der Waals surface area contributed by atoms with Gasteiger partial charge in [-0.15, -0.1) is 0 Å². The number of thioether (sulfide) groups is 3. The van der Waals surface area contributed by atoms with Crippen molar-refractivity contribution in [1.29, 1.82) is 10.5 Å². The van der Waals surface area contributed by atoms with Crippen molar-refractivity contribution in [1.82, 2.24) is 6.15 Å². The second-order valence-electron chi connectivity index (χ2n) is 4.01. The first kappa shape index (κ1) is 40.7. The van der Waals surface area contributed by atoms with Crippen LogP contribution in [0.25, 0.3) is 0 Å². The second kappa shape index (κ2) is 39.9. The number of aliphatic hydroxyl groups is 2. The minimum atomic E-state index is -1.18. The van der Waals surface area contributed by atoms with Gasteiger partial charge in [0, 0.05) is 13.0 Å². The van der Waals surface area contributed by atoms with Gasteiger partial charge in [0.1, 0.15) is 12.4 Å². The van der Waals surface area contributed by atoms with Crippen molar-refractivity contribution in [3.05, 3.63) is 0 Å². The average Bonchev–Trinajstić information content (AvgIpc) is 2.64. The molecule has 27 heavy (non-hydrogen) atoms. The van der Waals surface area contributed by atoms with Gasteiger partial charge in [-0.05, 0) is 48.9 Å². The number of carboxylic acids is 1. The fraction of sp³-hybridized carbons (Fsp3) is 0.750. The fourth-order valence-electron chi connectivity index (χ4n) is 0.813. The minimum absolute atomic E-state index is 0. The van der Waals surface area contributed by atoms with Gasteiger partial charge in [0.15, 0.2) is 6.10 Å². The van der Waals surface area contributed by atoms with Crippen molar-refractivity contribution in [2.24, 2.45) is 0 Å². The van der Waals surface area contributed by atoms with Crippen LogP contribution < -0.4 is 6.15 Å². The summed E-state index contributed by atoms with van der Waals surface area (Å²) in [4.78, 5) is 19.5. The molecule has 0 aliphatic carbocycles. The molecule has 162 valence electrons. The number of hydrogen-bond donors (Lipinski definition) is 4. The lowest BCUT2D eigenvalue weighted by atomic mass is 10.3. The summed E-state index contributed by atoms with van der Waals surface area (Å²) in [6.07, 6.45) is 6.41. The molecule has 0 saturated heterocycles. The highest BCUT2D eigenvalue weighted by Gasteiger charge is 2.10. The van der Waals surface area contributed by atoms with Crippen LogP contribution in [0.15, 0.2) is 0 Å². The number of carbonyl (C=O) groups is 2. The third-order valence-electron chi connectivity index (χ3n) is 2.06. The Labute approximate surface area is 176 Å². The van der Waals surface area contributed by atoms with E-state index in [0.717, 1.165) is 17.8 Å². The second-order valence-corrected chi connectivity index (χ2v) is 6.97. The predicted octanol–water partition coefficient (Wildman–Crippen LogP) is 2.69. The van der Waals surface area contributed by atoms with Gasteiger partial charge in [0.05, 0.1) is 6.07 Å². The predicted molar refractivity (Wildman–Crippen MR) is 119 cm³/mol. The van der Waals surface area contributed by atoms with Crippen molar-refractivity contribution in [2.45, 2.75) is 38.9 Å². The van der Waals surface area contributed by atoms with E-state index < -0.39 is 18.2 Å². The maximum absolute atomic E-state index is 9.95. The molecule has 11 heteroatoms. The number of aliphatic hydroxyl groups excluding tert-OH is 2. The average molecular weight is 446 g/mol. The molecule has 6 N–H and O–H groups in total. The van der Waals surface area contributed by atoms with E-state index in [1.165, 1.54) is 11.8 Å². The normalized spacial score (nSPS) is 10.0. The topological polar surface area (TPSA) is 177 Å². The van der Waals surface area contributed by atoms with Gasteiger partial charge in [-0.1, -0.05) is 7.43 Å². The smallest absolute Gasteiger partial charge is 0.332 e. The molecule has 0 aromatic rings. The summed E-state index contributed by atoms with van der Waals surface area (Å²) in [6, 6.07) is 1.74. The minimum Gasteiger partial charge on any atom is -0.479 e. The zero-order valence-corrected chi connectivity index (χ0v) is 18.0. The van der Waals surface area contributed by atoms with Gasteiger partial charge in [-0.2, -0.15) is 40.5 Å². The molecular weight excluding hydrogens is 410 g/mol. The first-order chi connectivity index (χ1) is 11.9. The number of carbonyl (C=O) groups excluding carboxylic acids is 1. The Hall–Kier alpha value is -0.950. The third-order valence-corrected chi connectivity index (χ3v) is 4.00. The summed E-state index contributed by atoms with van der Waals surface area (Å²) in [7, 11) is 0. The molecule has 2 atom stereocenters. The maximum atomic E-state index is 9.95. The summed E-state index contributed by atoms with van der Waals surface area (Å²) < 4.78 is 0. The lowest BCUT2D eigenvalue weighted by molar-refractivity contribution is -0.146. The van der Waals surface area contributed by atoms with Crippen LogP contribution in [-0.4, -0.2) is 75.8 Å². The van der Waals surface area contributed by atoms with E-state index in [9.17, 15) is 9.59 Å². The molecule has 0 aliphatic heterocycles. The van der Waals surface area contributed by atoms with Crippen LogP contribution in [0.4, 0.5) is 0 Å². The van der Waals surface area contributed by atoms with Crippen LogP contribution in [0.2, 0.25) is 0 Å². The Balaban J connectivity index is -0.0000000573. The van der Waals surface area contributed by atoms with Crippen LogP contribution >= 0.6 is 35.3 Å². The molecule has 0 rings (SSSR count). The zero-order valence-electron chi connectivity index (χ0n) is 15.5. The first-order valence-electron chi connectivity index (χ1n) is 7.05. The molecule has 0 bridgehead atoms. The summed E-state index contributed by atoms with van der Waals surface area (Å²) in [5.41, 5.74) is 0. The largest absolute Gasteiger partial charge is 0.479 e. The molecule has 8 nitrogen and oxygen atoms in total. The van der Waals surface area contributed by atoms with Crippen LogP contribution in [0, 0.1) is 23.2 Å². The fourth-order valence-corrected chi connectivity index (χ4v) is 2.06. The highest BCUT2D eigenvalue weighted by atomic mass is 32.2. The number of aldehydes is 1. The van der Waals surface area contributed by atoms with Crippen LogP contribution in [-0.2, 0) is 9.59 Å². The van der Waals surface area contributed by atoms with E-state index in [1.807, 2.05) is 18.8 Å². The molecule has 0 amide bonds. The summed E-state index contributed by atoms with van der Waals surface area (Å²) in [5, 5.41) is 40.0. The Morgan fingerprint density at radius 1 is 1.07 bits per heavy atom. The molecule has 0 radical (unpaired) electrons. The Morgan fingerprint density at radius 3 is 1.74 bits per heavy atom. The van der Waals surface area contributed by atoms with Gasteiger partial charge >= 0.3 is 5.97 Å². The van der Waals surface area contributed by atoms with Crippen molar-refractivity contribution >= 4 is 47.5 Å². The first-order valence-corrected chi connectivity index (χ1v) is 11.2. The molecule has 0 heterocycles. The molecule has 2 unspecified atom stereocenters. The Kier molecular flexibility index (Phi) is 60.1. The molecule has 0 aromatic heterocycles. The number of hydrogen-bond acceptors (Lipinski definition) is 10. The van der Waals surface area contributed by atoms with Gasteiger partial charge in [-0.3, -0.25) is 0 Å².